The first kappa shape index (κ1) is 17.6. The molecule has 0 fully saturated rings. The van der Waals surface area contributed by atoms with Crippen molar-refractivity contribution in [3.8, 4) is 0 Å². The average Bonchev–Trinajstić information content (AvgIpc) is 2.61. The quantitative estimate of drug-likeness (QED) is 0.485. The number of benzene rings is 2. The number of allylic oxidation sites excluding steroid dienone is 1. The molecule has 0 aromatic heterocycles. The second-order valence-electron chi connectivity index (χ2n) is 5.75. The van der Waals surface area contributed by atoms with Gasteiger partial charge in [0.15, 0.2) is 5.78 Å². The van der Waals surface area contributed by atoms with Crippen LogP contribution in [0.25, 0.3) is 0 Å². The van der Waals surface area contributed by atoms with Gasteiger partial charge in [0.1, 0.15) is 0 Å². The maximum atomic E-state index is 13.0. The highest BCUT2D eigenvalue weighted by Gasteiger charge is 2.31. The number of ketones is 1. The number of Topliss-reactive ketones (excluding diaryl/α,β-unsaturated/α-hetero) is 1. The molecule has 0 saturated heterocycles. The number of nitrogens with zero attached hydrogens (tertiary/aromatic N) is 1. The Hall–Kier alpha value is -3.19. The van der Waals surface area contributed by atoms with Gasteiger partial charge in [-0.05, 0) is 48.9 Å². The molecule has 0 aliphatic carbocycles. The lowest BCUT2D eigenvalue weighted by molar-refractivity contribution is -0.384. The third-order valence-electron chi connectivity index (χ3n) is 4.06. The Morgan fingerprint density at radius 1 is 1.12 bits per heavy atom. The number of hydrogen-bond acceptors (Lipinski definition) is 4. The highest BCUT2D eigenvalue weighted by atomic mass is 35.5. The van der Waals surface area contributed by atoms with Gasteiger partial charge in [-0.3, -0.25) is 14.9 Å². The first-order valence-corrected chi connectivity index (χ1v) is 8.07. The van der Waals surface area contributed by atoms with Crippen LogP contribution in [0.5, 0.6) is 0 Å². The molecule has 132 valence electrons. The van der Waals surface area contributed by atoms with Gasteiger partial charge in [0.05, 0.1) is 11.0 Å². The summed E-state index contributed by atoms with van der Waals surface area (Å²) < 4.78 is 0. The molecule has 2 amide bonds. The fourth-order valence-corrected chi connectivity index (χ4v) is 2.92. The summed E-state index contributed by atoms with van der Waals surface area (Å²) >= 11 is 5.87. The summed E-state index contributed by atoms with van der Waals surface area (Å²) in [6.45, 7) is 1.64. The van der Waals surface area contributed by atoms with E-state index in [0.717, 1.165) is 0 Å². The molecule has 1 heterocycles. The number of urea groups is 1. The van der Waals surface area contributed by atoms with Crippen LogP contribution < -0.4 is 10.6 Å². The SMILES string of the molecule is CC1=C(C(=O)c2ccc(Cl)cc2)[C@H](c2ccc([N+](=O)[O-])cc2)NC(=O)N1. The number of carbonyl (C=O) groups is 2. The molecule has 0 unspecified atom stereocenters. The lowest BCUT2D eigenvalue weighted by atomic mass is 9.89. The van der Waals surface area contributed by atoms with E-state index in [1.54, 1.807) is 31.2 Å². The summed E-state index contributed by atoms with van der Waals surface area (Å²) in [4.78, 5) is 35.2. The number of nitrogens with one attached hydrogen (secondary N) is 2. The molecule has 7 nitrogen and oxygen atoms in total. The smallest absolute Gasteiger partial charge is 0.319 e. The van der Waals surface area contributed by atoms with Gasteiger partial charge in [-0.15, -0.1) is 0 Å². The summed E-state index contributed by atoms with van der Waals surface area (Å²) in [6, 6.07) is 11.0. The fourth-order valence-electron chi connectivity index (χ4n) is 2.79. The Balaban J connectivity index is 2.02. The third-order valence-corrected chi connectivity index (χ3v) is 4.31. The van der Waals surface area contributed by atoms with E-state index < -0.39 is 17.0 Å². The van der Waals surface area contributed by atoms with Crippen molar-refractivity contribution in [1.29, 1.82) is 0 Å². The van der Waals surface area contributed by atoms with Crippen molar-refractivity contribution >= 4 is 29.1 Å². The molecule has 1 atom stereocenters. The summed E-state index contributed by atoms with van der Waals surface area (Å²) in [7, 11) is 0. The zero-order chi connectivity index (χ0) is 18.8. The van der Waals surface area contributed by atoms with E-state index in [9.17, 15) is 19.7 Å². The van der Waals surface area contributed by atoms with Crippen LogP contribution in [0.4, 0.5) is 10.5 Å². The topological polar surface area (TPSA) is 101 Å². The van der Waals surface area contributed by atoms with E-state index in [0.29, 0.717) is 27.4 Å². The Morgan fingerprint density at radius 2 is 1.73 bits per heavy atom. The molecule has 0 radical (unpaired) electrons. The molecular formula is C18H14ClN3O4. The monoisotopic (exact) mass is 371 g/mol. The van der Waals surface area contributed by atoms with Gasteiger partial charge < -0.3 is 10.6 Å². The van der Waals surface area contributed by atoms with Crippen molar-refractivity contribution in [3.63, 3.8) is 0 Å². The minimum Gasteiger partial charge on any atom is -0.327 e. The van der Waals surface area contributed by atoms with Crippen molar-refractivity contribution in [2.45, 2.75) is 13.0 Å². The van der Waals surface area contributed by atoms with Crippen LogP contribution in [0.1, 0.15) is 28.9 Å². The Morgan fingerprint density at radius 3 is 2.31 bits per heavy atom. The van der Waals surface area contributed by atoms with Gasteiger partial charge in [0.25, 0.3) is 5.69 Å². The van der Waals surface area contributed by atoms with Crippen molar-refractivity contribution in [1.82, 2.24) is 10.6 Å². The molecule has 2 aromatic rings. The molecule has 1 aliphatic rings. The average molecular weight is 372 g/mol. The van der Waals surface area contributed by atoms with Crippen LogP contribution in [-0.4, -0.2) is 16.7 Å². The first-order valence-electron chi connectivity index (χ1n) is 7.69. The minimum absolute atomic E-state index is 0.0692. The van der Waals surface area contributed by atoms with Gasteiger partial charge in [0.2, 0.25) is 0 Å². The maximum Gasteiger partial charge on any atom is 0.319 e. The van der Waals surface area contributed by atoms with E-state index in [1.807, 2.05) is 0 Å². The third kappa shape index (κ3) is 3.43. The Kier molecular flexibility index (Phi) is 4.73. The van der Waals surface area contributed by atoms with Gasteiger partial charge in [0, 0.05) is 34.0 Å². The van der Waals surface area contributed by atoms with Gasteiger partial charge >= 0.3 is 6.03 Å². The molecule has 8 heteroatoms. The Bertz CT molecular complexity index is 920. The highest BCUT2D eigenvalue weighted by molar-refractivity contribution is 6.30. The summed E-state index contributed by atoms with van der Waals surface area (Å²) in [6.07, 6.45) is 0. The van der Waals surface area contributed by atoms with E-state index >= 15 is 0 Å². The number of nitro benzene ring substituents is 1. The summed E-state index contributed by atoms with van der Waals surface area (Å²) in [5.41, 5.74) is 1.72. The van der Waals surface area contributed by atoms with Crippen LogP contribution in [0.3, 0.4) is 0 Å². The van der Waals surface area contributed by atoms with E-state index in [-0.39, 0.29) is 11.5 Å². The molecular weight excluding hydrogens is 358 g/mol. The number of halogens is 1. The molecule has 1 aliphatic heterocycles. The second-order valence-corrected chi connectivity index (χ2v) is 6.19. The molecule has 2 aromatic carbocycles. The maximum absolute atomic E-state index is 13.0. The van der Waals surface area contributed by atoms with E-state index in [2.05, 4.69) is 10.6 Å². The first-order chi connectivity index (χ1) is 12.4. The predicted molar refractivity (Wildman–Crippen MR) is 96.0 cm³/mol. The predicted octanol–water partition coefficient (Wildman–Crippen LogP) is 3.76. The second kappa shape index (κ2) is 6.97. The van der Waals surface area contributed by atoms with Gasteiger partial charge in [-0.2, -0.15) is 0 Å². The van der Waals surface area contributed by atoms with Crippen LogP contribution in [0, 0.1) is 10.1 Å². The van der Waals surface area contributed by atoms with Crippen LogP contribution in [0.2, 0.25) is 5.02 Å². The largest absolute Gasteiger partial charge is 0.327 e. The van der Waals surface area contributed by atoms with E-state index in [4.69, 9.17) is 11.6 Å². The fraction of sp³-hybridized carbons (Fsp3) is 0.111. The standard InChI is InChI=1S/C18H14ClN3O4/c1-10-15(17(23)12-2-6-13(19)7-3-12)16(21-18(24)20-10)11-4-8-14(9-5-11)22(25)26/h2-9,16H,1H3,(H2,20,21,24)/t16-/m0/s1. The molecule has 0 bridgehead atoms. The number of hydrogen-bond donors (Lipinski definition) is 2. The van der Waals surface area contributed by atoms with Crippen molar-refractivity contribution < 1.29 is 14.5 Å². The number of carbonyl (C=O) groups excluding carboxylic acids is 2. The molecule has 26 heavy (non-hydrogen) atoms. The van der Waals surface area contributed by atoms with E-state index in [1.165, 1.54) is 24.3 Å². The van der Waals surface area contributed by atoms with Crippen LogP contribution in [0.15, 0.2) is 59.8 Å². The zero-order valence-electron chi connectivity index (χ0n) is 13.7. The lowest BCUT2D eigenvalue weighted by Gasteiger charge is -2.28. The van der Waals surface area contributed by atoms with Crippen molar-refractivity contribution in [3.05, 3.63) is 86.1 Å². The Labute approximate surface area is 153 Å². The van der Waals surface area contributed by atoms with Gasteiger partial charge in [-0.1, -0.05) is 11.6 Å². The normalized spacial score (nSPS) is 16.7. The molecule has 0 saturated carbocycles. The zero-order valence-corrected chi connectivity index (χ0v) is 14.4. The lowest BCUT2D eigenvalue weighted by Crippen LogP contribution is -2.45. The molecule has 3 rings (SSSR count). The van der Waals surface area contributed by atoms with Crippen molar-refractivity contribution in [2.75, 3.05) is 0 Å². The molecule has 2 N–H and O–H groups in total. The minimum atomic E-state index is -0.715. The number of rotatable bonds is 4. The van der Waals surface area contributed by atoms with Gasteiger partial charge in [-0.25, -0.2) is 4.79 Å². The number of nitro groups is 1. The van der Waals surface area contributed by atoms with Crippen LogP contribution >= 0.6 is 11.6 Å². The summed E-state index contributed by atoms with van der Waals surface area (Å²) in [5.74, 6) is -0.269. The molecule has 0 spiro atoms. The summed E-state index contributed by atoms with van der Waals surface area (Å²) in [5, 5.41) is 16.6. The van der Waals surface area contributed by atoms with Crippen molar-refractivity contribution in [2.24, 2.45) is 0 Å². The number of amides is 2. The van der Waals surface area contributed by atoms with Crippen LogP contribution in [-0.2, 0) is 0 Å². The highest BCUT2D eigenvalue weighted by Crippen LogP contribution is 2.30. The number of non-ortho nitro benzene ring substituents is 1.